The molecule has 1 atom stereocenters. The summed E-state index contributed by atoms with van der Waals surface area (Å²) in [4.78, 5) is 38.0. The predicted molar refractivity (Wildman–Crippen MR) is 79.4 cm³/mol. The van der Waals surface area contributed by atoms with Crippen molar-refractivity contribution in [1.82, 2.24) is 14.7 Å². The number of likely N-dealkylation sites (tertiary alicyclic amines) is 1. The van der Waals surface area contributed by atoms with Crippen LogP contribution in [0, 0.1) is 0 Å². The minimum absolute atomic E-state index is 0.0579. The normalized spacial score (nSPS) is 23.7. The third kappa shape index (κ3) is 4.49. The van der Waals surface area contributed by atoms with Crippen LogP contribution in [-0.4, -0.2) is 84.2 Å². The van der Waals surface area contributed by atoms with Gasteiger partial charge < -0.3 is 9.80 Å². The highest BCUT2D eigenvalue weighted by Gasteiger charge is 2.34. The molecule has 0 aromatic carbocycles. The van der Waals surface area contributed by atoms with E-state index in [1.165, 1.54) is 23.7 Å². The molecule has 2 fully saturated rings. The van der Waals surface area contributed by atoms with E-state index in [9.17, 15) is 14.4 Å². The van der Waals surface area contributed by atoms with Crippen molar-refractivity contribution in [3.8, 4) is 0 Å². The smallest absolute Gasteiger partial charge is 0.242 e. The zero-order valence-corrected chi connectivity index (χ0v) is 13.4. The van der Waals surface area contributed by atoms with Gasteiger partial charge in [0.15, 0.2) is 0 Å². The summed E-state index contributed by atoms with van der Waals surface area (Å²) in [6, 6.07) is 0. The van der Waals surface area contributed by atoms with Crippen LogP contribution in [0.25, 0.3) is 0 Å². The molecule has 1 unspecified atom stereocenters. The fourth-order valence-electron chi connectivity index (χ4n) is 2.03. The van der Waals surface area contributed by atoms with Gasteiger partial charge in [-0.1, -0.05) is 0 Å². The first kappa shape index (κ1) is 17.0. The lowest BCUT2D eigenvalue weighted by Crippen LogP contribution is -2.46. The van der Waals surface area contributed by atoms with Crippen LogP contribution >= 0.6 is 11.8 Å². The monoisotopic (exact) mass is 301 g/mol. The van der Waals surface area contributed by atoms with E-state index >= 15 is 0 Å². The number of piperazine rings is 1. The summed E-state index contributed by atoms with van der Waals surface area (Å²) in [6.07, 6.45) is 2.21. The molecule has 114 valence electrons. The van der Waals surface area contributed by atoms with Crippen molar-refractivity contribution in [3.63, 3.8) is 0 Å². The van der Waals surface area contributed by atoms with E-state index in [1.54, 1.807) is 6.92 Å². The molecule has 6 nitrogen and oxygen atoms in total. The Morgan fingerprint density at radius 1 is 1.15 bits per heavy atom. The van der Waals surface area contributed by atoms with Gasteiger partial charge in [-0.25, -0.2) is 0 Å². The third-order valence-corrected chi connectivity index (χ3v) is 4.51. The highest BCUT2D eigenvalue weighted by atomic mass is 32.2. The maximum atomic E-state index is 11.0. The lowest BCUT2D eigenvalue weighted by atomic mass is 10.3. The minimum atomic E-state index is -0.127. The summed E-state index contributed by atoms with van der Waals surface area (Å²) in [5, 5.41) is -0.127. The zero-order chi connectivity index (χ0) is 15.3. The largest absolute Gasteiger partial charge is 0.340 e. The van der Waals surface area contributed by atoms with Crippen LogP contribution in [0.5, 0.6) is 0 Å². The van der Waals surface area contributed by atoms with Crippen molar-refractivity contribution >= 4 is 29.5 Å². The molecule has 0 N–H and O–H groups in total. The Kier molecular flexibility index (Phi) is 6.48. The average Bonchev–Trinajstić information content (AvgIpc) is 2.67. The van der Waals surface area contributed by atoms with Gasteiger partial charge >= 0.3 is 0 Å². The van der Waals surface area contributed by atoms with E-state index in [1.807, 2.05) is 11.2 Å². The second kappa shape index (κ2) is 7.64. The first-order valence-electron chi connectivity index (χ1n) is 6.64. The second-order valence-corrected chi connectivity index (χ2v) is 6.07. The SMILES string of the molecule is CC(=O)N1CCN(C)CC1.CSC1CC(=O)N(C)C1=O. The van der Waals surface area contributed by atoms with Crippen LogP contribution in [0.1, 0.15) is 13.3 Å². The van der Waals surface area contributed by atoms with Crippen LogP contribution in [0.4, 0.5) is 0 Å². The molecule has 2 saturated heterocycles. The lowest BCUT2D eigenvalue weighted by Gasteiger charge is -2.31. The molecule has 7 heteroatoms. The molecule has 0 aliphatic carbocycles. The molecular formula is C13H23N3O3S. The summed E-state index contributed by atoms with van der Waals surface area (Å²) in [5.41, 5.74) is 0. The first-order chi connectivity index (χ1) is 9.36. The highest BCUT2D eigenvalue weighted by Crippen LogP contribution is 2.21. The molecule has 0 aromatic heterocycles. The van der Waals surface area contributed by atoms with Gasteiger partial charge in [-0.05, 0) is 13.3 Å². The van der Waals surface area contributed by atoms with Gasteiger partial charge in [0.2, 0.25) is 17.7 Å². The van der Waals surface area contributed by atoms with Crippen LogP contribution in [0.15, 0.2) is 0 Å². The van der Waals surface area contributed by atoms with E-state index in [2.05, 4.69) is 11.9 Å². The van der Waals surface area contributed by atoms with Gasteiger partial charge in [0.25, 0.3) is 0 Å². The number of thioether (sulfide) groups is 1. The minimum Gasteiger partial charge on any atom is -0.340 e. The number of hydrogen-bond acceptors (Lipinski definition) is 5. The van der Waals surface area contributed by atoms with Crippen molar-refractivity contribution in [1.29, 1.82) is 0 Å². The molecule has 3 amide bonds. The van der Waals surface area contributed by atoms with Crippen molar-refractivity contribution in [3.05, 3.63) is 0 Å². The van der Waals surface area contributed by atoms with E-state index in [0.717, 1.165) is 26.2 Å². The molecule has 2 rings (SSSR count). The highest BCUT2D eigenvalue weighted by molar-refractivity contribution is 8.00. The van der Waals surface area contributed by atoms with E-state index in [4.69, 9.17) is 0 Å². The number of imide groups is 1. The van der Waals surface area contributed by atoms with Crippen LogP contribution < -0.4 is 0 Å². The summed E-state index contributed by atoms with van der Waals surface area (Å²) >= 11 is 1.44. The number of nitrogens with zero attached hydrogens (tertiary/aromatic N) is 3. The van der Waals surface area contributed by atoms with Crippen LogP contribution in [-0.2, 0) is 14.4 Å². The van der Waals surface area contributed by atoms with Gasteiger partial charge in [-0.15, -0.1) is 0 Å². The van der Waals surface area contributed by atoms with Crippen LogP contribution in [0.2, 0.25) is 0 Å². The first-order valence-corrected chi connectivity index (χ1v) is 7.92. The van der Waals surface area contributed by atoms with Gasteiger partial charge in [0.1, 0.15) is 0 Å². The van der Waals surface area contributed by atoms with Gasteiger partial charge in [0, 0.05) is 46.6 Å². The average molecular weight is 301 g/mol. The molecule has 2 aliphatic rings. The predicted octanol–water partition coefficient (Wildman–Crippen LogP) is -0.113. The number of likely N-dealkylation sites (N-methyl/N-ethyl adjacent to an activating group) is 1. The van der Waals surface area contributed by atoms with E-state index in [-0.39, 0.29) is 23.0 Å². The maximum Gasteiger partial charge on any atom is 0.242 e. The quantitative estimate of drug-likeness (QED) is 0.632. The molecule has 0 spiro atoms. The Bertz CT molecular complexity index is 381. The molecule has 0 saturated carbocycles. The van der Waals surface area contributed by atoms with Gasteiger partial charge in [-0.3, -0.25) is 19.3 Å². The molecule has 2 heterocycles. The van der Waals surface area contributed by atoms with Gasteiger partial charge in [0.05, 0.1) is 5.25 Å². The van der Waals surface area contributed by atoms with Crippen molar-refractivity contribution in [2.24, 2.45) is 0 Å². The van der Waals surface area contributed by atoms with Crippen LogP contribution in [0.3, 0.4) is 0 Å². The fourth-order valence-corrected chi connectivity index (χ4v) is 2.70. The Morgan fingerprint density at radius 2 is 1.70 bits per heavy atom. The number of carbonyl (C=O) groups excluding carboxylic acids is 3. The molecule has 0 radical (unpaired) electrons. The second-order valence-electron chi connectivity index (χ2n) is 5.03. The Labute approximate surface area is 124 Å². The Balaban J connectivity index is 0.000000200. The molecule has 2 aliphatic heterocycles. The lowest BCUT2D eigenvalue weighted by molar-refractivity contribution is -0.136. The van der Waals surface area contributed by atoms with Crippen molar-refractivity contribution in [2.75, 3.05) is 46.5 Å². The van der Waals surface area contributed by atoms with Gasteiger partial charge in [-0.2, -0.15) is 11.8 Å². The third-order valence-electron chi connectivity index (χ3n) is 3.57. The molecular weight excluding hydrogens is 278 g/mol. The topological polar surface area (TPSA) is 60.9 Å². The number of amides is 3. The zero-order valence-electron chi connectivity index (χ0n) is 12.6. The summed E-state index contributed by atoms with van der Waals surface area (Å²) in [5.74, 6) is 0.0787. The Morgan fingerprint density at radius 3 is 2.00 bits per heavy atom. The van der Waals surface area contributed by atoms with E-state index in [0.29, 0.717) is 6.42 Å². The summed E-state index contributed by atoms with van der Waals surface area (Å²) in [7, 11) is 3.61. The number of hydrogen-bond donors (Lipinski definition) is 0. The fraction of sp³-hybridized carbons (Fsp3) is 0.769. The standard InChI is InChI=1S/C7H14N2O.C6H9NO2S/c1-7(10)9-5-3-8(2)4-6-9;1-7-5(8)3-4(10-2)6(7)9/h3-6H2,1-2H3;4H,3H2,1-2H3. The molecule has 0 bridgehead atoms. The maximum absolute atomic E-state index is 11.0. The molecule has 20 heavy (non-hydrogen) atoms. The summed E-state index contributed by atoms with van der Waals surface area (Å²) in [6.45, 7) is 5.45. The molecule has 0 aromatic rings. The number of rotatable bonds is 1. The van der Waals surface area contributed by atoms with Crippen molar-refractivity contribution in [2.45, 2.75) is 18.6 Å². The van der Waals surface area contributed by atoms with Crippen molar-refractivity contribution < 1.29 is 14.4 Å². The summed E-state index contributed by atoms with van der Waals surface area (Å²) < 4.78 is 0. The van der Waals surface area contributed by atoms with E-state index < -0.39 is 0 Å². The number of carbonyl (C=O) groups is 3. The Hall–Kier alpha value is -1.08.